The van der Waals surface area contributed by atoms with E-state index in [1.54, 1.807) is 12.1 Å². The second-order valence-electron chi connectivity index (χ2n) is 9.26. The van der Waals surface area contributed by atoms with Crippen molar-refractivity contribution >= 4 is 13.7 Å². The summed E-state index contributed by atoms with van der Waals surface area (Å²) in [6.07, 6.45) is 20.9. The van der Waals surface area contributed by atoms with E-state index in [2.05, 4.69) is 28.9 Å². The summed E-state index contributed by atoms with van der Waals surface area (Å²) in [6, 6.07) is 5.90. The third-order valence-corrected chi connectivity index (χ3v) is 6.38. The molecule has 8 heteroatoms. The number of rotatable bonds is 21. The number of carbonyl (C=O) groups is 1. The van der Waals surface area contributed by atoms with Gasteiger partial charge in [-0.2, -0.15) is 0 Å². The lowest BCUT2D eigenvalue weighted by molar-refractivity contribution is -0.122. The summed E-state index contributed by atoms with van der Waals surface area (Å²) in [7, 11) is -4.63. The van der Waals surface area contributed by atoms with E-state index in [0.29, 0.717) is 12.8 Å². The lowest BCUT2D eigenvalue weighted by atomic mass is 10.1. The standard InChI is InChI=1S/C27H46NO6P/c1-2-3-4-5-6-7-8-9-10-11-12-13-14-15-16-17-27(30)28-25(23-34-35(31,32)33)22-24-18-20-26(29)21-19-24/h9-10,18-21,25,29H,2-8,11-17,22-23H2,1H3,(H,28,30)(H2,31,32,33)/b10-9-/t25-/m0/s1. The lowest BCUT2D eigenvalue weighted by Crippen LogP contribution is -2.39. The number of amides is 1. The van der Waals surface area contributed by atoms with E-state index in [9.17, 15) is 14.5 Å². The Hall–Kier alpha value is -1.66. The fourth-order valence-corrected chi connectivity index (χ4v) is 4.29. The molecule has 0 unspecified atom stereocenters. The topological polar surface area (TPSA) is 116 Å². The van der Waals surface area contributed by atoms with E-state index < -0.39 is 13.9 Å². The molecule has 4 N–H and O–H groups in total. The van der Waals surface area contributed by atoms with Gasteiger partial charge in [-0.25, -0.2) is 4.57 Å². The molecule has 1 rings (SSSR count). The average Bonchev–Trinajstić information content (AvgIpc) is 2.81. The largest absolute Gasteiger partial charge is 0.508 e. The molecule has 1 aromatic rings. The van der Waals surface area contributed by atoms with Crippen molar-refractivity contribution in [2.45, 2.75) is 109 Å². The molecule has 0 heterocycles. The number of carbonyl (C=O) groups excluding carboxylic acids is 1. The smallest absolute Gasteiger partial charge is 0.469 e. The first-order valence-electron chi connectivity index (χ1n) is 13.2. The molecule has 7 nitrogen and oxygen atoms in total. The molecule has 1 aromatic carbocycles. The Kier molecular flexibility index (Phi) is 17.5. The maximum absolute atomic E-state index is 12.3. The minimum Gasteiger partial charge on any atom is -0.508 e. The van der Waals surface area contributed by atoms with Crippen molar-refractivity contribution in [3.05, 3.63) is 42.0 Å². The molecule has 0 radical (unpaired) electrons. The zero-order valence-electron chi connectivity index (χ0n) is 21.4. The first-order chi connectivity index (χ1) is 16.8. The van der Waals surface area contributed by atoms with Gasteiger partial charge in [-0.15, -0.1) is 0 Å². The number of benzene rings is 1. The van der Waals surface area contributed by atoms with Crippen molar-refractivity contribution in [1.82, 2.24) is 5.32 Å². The number of unbranched alkanes of at least 4 members (excludes halogenated alkanes) is 11. The van der Waals surface area contributed by atoms with Gasteiger partial charge >= 0.3 is 7.82 Å². The Bertz CT molecular complexity index is 747. The Morgan fingerprint density at radius 3 is 2.03 bits per heavy atom. The van der Waals surface area contributed by atoms with Crippen LogP contribution >= 0.6 is 7.82 Å². The number of phenols is 1. The summed E-state index contributed by atoms with van der Waals surface area (Å²) in [5.41, 5.74) is 0.823. The van der Waals surface area contributed by atoms with Crippen molar-refractivity contribution in [2.24, 2.45) is 0 Å². The first-order valence-corrected chi connectivity index (χ1v) is 14.8. The molecule has 0 spiro atoms. The van der Waals surface area contributed by atoms with E-state index in [1.807, 2.05) is 0 Å². The zero-order chi connectivity index (χ0) is 25.8. The molecule has 0 aliphatic carbocycles. The Morgan fingerprint density at radius 2 is 1.46 bits per heavy atom. The van der Waals surface area contributed by atoms with Crippen LogP contribution in [-0.4, -0.2) is 33.4 Å². The van der Waals surface area contributed by atoms with Gasteiger partial charge in [0.15, 0.2) is 0 Å². The Morgan fingerprint density at radius 1 is 0.914 bits per heavy atom. The molecule has 0 fully saturated rings. The maximum atomic E-state index is 12.3. The second-order valence-corrected chi connectivity index (χ2v) is 10.5. The minimum atomic E-state index is -4.63. The van der Waals surface area contributed by atoms with Gasteiger partial charge in [0, 0.05) is 6.42 Å². The SMILES string of the molecule is CCCCCCCC/C=C\CCCCCCCC(=O)N[C@H](COP(=O)(O)O)Cc1ccc(O)cc1. The van der Waals surface area contributed by atoms with Crippen LogP contribution in [0.2, 0.25) is 0 Å². The van der Waals surface area contributed by atoms with E-state index in [-0.39, 0.29) is 18.3 Å². The Labute approximate surface area is 211 Å². The highest BCUT2D eigenvalue weighted by molar-refractivity contribution is 7.46. The number of hydrogen-bond donors (Lipinski definition) is 4. The Balaban J connectivity index is 2.15. The number of phosphoric ester groups is 1. The normalized spacial score (nSPS) is 12.8. The molecule has 0 saturated heterocycles. The third kappa shape index (κ3) is 19.2. The predicted molar refractivity (Wildman–Crippen MR) is 141 cm³/mol. The van der Waals surface area contributed by atoms with Crippen LogP contribution in [0.5, 0.6) is 5.75 Å². The van der Waals surface area contributed by atoms with E-state index in [0.717, 1.165) is 37.7 Å². The highest BCUT2D eigenvalue weighted by atomic mass is 31.2. The van der Waals surface area contributed by atoms with Crippen LogP contribution in [0, 0.1) is 0 Å². The monoisotopic (exact) mass is 511 g/mol. The van der Waals surface area contributed by atoms with Crippen LogP contribution < -0.4 is 5.32 Å². The van der Waals surface area contributed by atoms with E-state index >= 15 is 0 Å². The van der Waals surface area contributed by atoms with Crippen molar-refractivity contribution in [1.29, 1.82) is 0 Å². The number of allylic oxidation sites excluding steroid dienone is 2. The summed E-state index contributed by atoms with van der Waals surface area (Å²) in [6.45, 7) is 1.96. The van der Waals surface area contributed by atoms with Crippen molar-refractivity contribution in [2.75, 3.05) is 6.61 Å². The fraction of sp³-hybridized carbons (Fsp3) is 0.667. The molecule has 0 saturated carbocycles. The second kappa shape index (κ2) is 19.5. The minimum absolute atomic E-state index is 0.130. The van der Waals surface area contributed by atoms with E-state index in [4.69, 9.17) is 9.79 Å². The summed E-state index contributed by atoms with van der Waals surface area (Å²) in [5.74, 6) is -0.0225. The lowest BCUT2D eigenvalue weighted by Gasteiger charge is -2.19. The quantitative estimate of drug-likeness (QED) is 0.0843. The van der Waals surface area contributed by atoms with Gasteiger partial charge in [0.1, 0.15) is 5.75 Å². The van der Waals surface area contributed by atoms with Crippen LogP contribution in [0.15, 0.2) is 36.4 Å². The molecule has 0 aromatic heterocycles. The molecule has 0 aliphatic heterocycles. The van der Waals surface area contributed by atoms with Crippen molar-refractivity contribution < 1.29 is 28.8 Å². The summed E-state index contributed by atoms with van der Waals surface area (Å²) in [4.78, 5) is 30.3. The summed E-state index contributed by atoms with van der Waals surface area (Å²) in [5, 5.41) is 12.2. The predicted octanol–water partition coefficient (Wildman–Crippen LogP) is 6.57. The van der Waals surface area contributed by atoms with Gasteiger partial charge in [0.25, 0.3) is 0 Å². The summed E-state index contributed by atoms with van der Waals surface area (Å²) < 4.78 is 15.7. The highest BCUT2D eigenvalue weighted by Gasteiger charge is 2.20. The van der Waals surface area contributed by atoms with Gasteiger partial charge in [-0.1, -0.05) is 82.6 Å². The molecular formula is C27H46NO6P. The van der Waals surface area contributed by atoms with Gasteiger partial charge in [0.2, 0.25) is 5.91 Å². The molecule has 35 heavy (non-hydrogen) atoms. The molecule has 200 valence electrons. The zero-order valence-corrected chi connectivity index (χ0v) is 22.3. The van der Waals surface area contributed by atoms with Gasteiger partial charge in [0.05, 0.1) is 12.6 Å². The number of aromatic hydroxyl groups is 1. The van der Waals surface area contributed by atoms with Crippen LogP contribution in [0.25, 0.3) is 0 Å². The summed E-state index contributed by atoms with van der Waals surface area (Å²) >= 11 is 0. The van der Waals surface area contributed by atoms with Crippen LogP contribution in [0.3, 0.4) is 0 Å². The number of nitrogens with one attached hydrogen (secondary N) is 1. The van der Waals surface area contributed by atoms with Gasteiger partial charge in [-0.05, 0) is 56.2 Å². The number of hydrogen-bond acceptors (Lipinski definition) is 4. The first kappa shape index (κ1) is 31.4. The molecular weight excluding hydrogens is 465 g/mol. The third-order valence-electron chi connectivity index (χ3n) is 5.89. The number of phosphoric acid groups is 1. The highest BCUT2D eigenvalue weighted by Crippen LogP contribution is 2.35. The van der Waals surface area contributed by atoms with Gasteiger partial charge < -0.3 is 20.2 Å². The number of phenolic OH excluding ortho intramolecular Hbond substituents is 1. The average molecular weight is 512 g/mol. The van der Waals surface area contributed by atoms with Crippen LogP contribution in [0.4, 0.5) is 0 Å². The van der Waals surface area contributed by atoms with Crippen LogP contribution in [-0.2, 0) is 20.3 Å². The van der Waals surface area contributed by atoms with Crippen molar-refractivity contribution in [3.63, 3.8) is 0 Å². The van der Waals surface area contributed by atoms with E-state index in [1.165, 1.54) is 63.5 Å². The molecule has 1 atom stereocenters. The van der Waals surface area contributed by atoms with Crippen LogP contribution in [0.1, 0.15) is 102 Å². The maximum Gasteiger partial charge on any atom is 0.469 e. The molecule has 0 aliphatic rings. The fourth-order valence-electron chi connectivity index (χ4n) is 3.91. The molecule has 1 amide bonds. The van der Waals surface area contributed by atoms with Crippen molar-refractivity contribution in [3.8, 4) is 5.75 Å². The molecule has 0 bridgehead atoms. The van der Waals surface area contributed by atoms with Gasteiger partial charge in [-0.3, -0.25) is 9.32 Å².